The van der Waals surface area contributed by atoms with Crippen LogP contribution in [-0.2, 0) is 6.54 Å². The van der Waals surface area contributed by atoms with E-state index in [0.29, 0.717) is 0 Å². The van der Waals surface area contributed by atoms with Gasteiger partial charge in [0.15, 0.2) is 0 Å². The molecule has 0 amide bonds. The molecule has 0 unspecified atom stereocenters. The minimum atomic E-state index is 0.00375. The van der Waals surface area contributed by atoms with Crippen LogP contribution in [0, 0.1) is 6.92 Å². The van der Waals surface area contributed by atoms with Gasteiger partial charge in [-0.05, 0) is 31.0 Å². The minimum absolute atomic E-state index is 0.00375. The van der Waals surface area contributed by atoms with Gasteiger partial charge in [0.1, 0.15) is 0 Å². The summed E-state index contributed by atoms with van der Waals surface area (Å²) >= 11 is 0. The van der Waals surface area contributed by atoms with Crippen LogP contribution in [-0.4, -0.2) is 9.55 Å². The van der Waals surface area contributed by atoms with Crippen LogP contribution >= 0.6 is 0 Å². The highest BCUT2D eigenvalue weighted by Gasteiger charge is 2.05. The summed E-state index contributed by atoms with van der Waals surface area (Å²) in [6, 6.07) is 6.06. The van der Waals surface area contributed by atoms with Crippen molar-refractivity contribution in [3.05, 3.63) is 34.2 Å². The van der Waals surface area contributed by atoms with Crippen molar-refractivity contribution in [2.75, 3.05) is 0 Å². The summed E-state index contributed by atoms with van der Waals surface area (Å²) in [6.07, 6.45) is 2.14. The van der Waals surface area contributed by atoms with Crippen molar-refractivity contribution < 1.29 is 0 Å². The van der Waals surface area contributed by atoms with Gasteiger partial charge in [0.25, 0.3) is 0 Å². The lowest BCUT2D eigenvalue weighted by Crippen LogP contribution is -2.16. The van der Waals surface area contributed by atoms with Gasteiger partial charge in [-0.2, -0.15) is 0 Å². The maximum absolute atomic E-state index is 11.7. The summed E-state index contributed by atoms with van der Waals surface area (Å²) in [4.78, 5) is 14.5. The van der Waals surface area contributed by atoms with E-state index in [-0.39, 0.29) is 5.69 Å². The number of aromatic amines is 1. The van der Waals surface area contributed by atoms with E-state index in [1.165, 1.54) is 5.56 Å². The highest BCUT2D eigenvalue weighted by atomic mass is 16.1. The molecule has 0 spiro atoms. The van der Waals surface area contributed by atoms with Crippen LogP contribution in [0.25, 0.3) is 11.0 Å². The molecule has 2 rings (SSSR count). The Balaban J connectivity index is 2.53. The Morgan fingerprint density at radius 2 is 2.20 bits per heavy atom. The Kier molecular flexibility index (Phi) is 2.62. The molecule has 1 aromatic heterocycles. The summed E-state index contributed by atoms with van der Waals surface area (Å²) < 4.78 is 1.82. The number of aryl methyl sites for hydroxylation is 2. The number of fused-ring (bicyclic) bond motifs is 1. The van der Waals surface area contributed by atoms with Crippen LogP contribution in [0.5, 0.6) is 0 Å². The van der Waals surface area contributed by atoms with E-state index in [0.717, 1.165) is 30.4 Å². The fourth-order valence-corrected chi connectivity index (χ4v) is 1.82. The van der Waals surface area contributed by atoms with Gasteiger partial charge in [-0.1, -0.05) is 19.4 Å². The van der Waals surface area contributed by atoms with Crippen molar-refractivity contribution in [2.24, 2.45) is 0 Å². The largest absolute Gasteiger partial charge is 0.326 e. The fraction of sp³-hybridized carbons (Fsp3) is 0.417. The highest BCUT2D eigenvalue weighted by molar-refractivity contribution is 5.75. The summed E-state index contributed by atoms with van der Waals surface area (Å²) in [5, 5.41) is 0. The lowest BCUT2D eigenvalue weighted by Gasteiger charge is -2.01. The van der Waals surface area contributed by atoms with Crippen LogP contribution < -0.4 is 5.69 Å². The Bertz CT molecular complexity index is 522. The Labute approximate surface area is 88.7 Å². The van der Waals surface area contributed by atoms with Gasteiger partial charge in [-0.15, -0.1) is 0 Å². The molecule has 1 N–H and O–H groups in total. The van der Waals surface area contributed by atoms with Gasteiger partial charge in [-0.25, -0.2) is 4.79 Å². The first-order valence-electron chi connectivity index (χ1n) is 5.41. The first-order chi connectivity index (χ1) is 7.22. The van der Waals surface area contributed by atoms with Crippen LogP contribution in [0.4, 0.5) is 0 Å². The van der Waals surface area contributed by atoms with Gasteiger partial charge in [0, 0.05) is 6.54 Å². The fourth-order valence-electron chi connectivity index (χ4n) is 1.82. The summed E-state index contributed by atoms with van der Waals surface area (Å²) in [5.41, 5.74) is 3.13. The van der Waals surface area contributed by atoms with Gasteiger partial charge < -0.3 is 4.98 Å². The number of nitrogens with zero attached hydrogens (tertiary/aromatic N) is 1. The van der Waals surface area contributed by atoms with Gasteiger partial charge in [0.05, 0.1) is 11.0 Å². The highest BCUT2D eigenvalue weighted by Crippen LogP contribution is 2.12. The molecule has 3 heteroatoms. The second kappa shape index (κ2) is 3.93. The van der Waals surface area contributed by atoms with Crippen LogP contribution in [0.3, 0.4) is 0 Å². The molecule has 3 nitrogen and oxygen atoms in total. The van der Waals surface area contributed by atoms with Gasteiger partial charge in [-0.3, -0.25) is 4.57 Å². The quantitative estimate of drug-likeness (QED) is 0.819. The Morgan fingerprint density at radius 1 is 1.40 bits per heavy atom. The molecule has 0 aliphatic carbocycles. The lowest BCUT2D eigenvalue weighted by atomic mass is 10.2. The van der Waals surface area contributed by atoms with Gasteiger partial charge in [0.2, 0.25) is 0 Å². The average molecular weight is 204 g/mol. The van der Waals surface area contributed by atoms with E-state index in [9.17, 15) is 4.79 Å². The zero-order chi connectivity index (χ0) is 10.8. The smallest absolute Gasteiger partial charge is 0.306 e. The zero-order valence-electron chi connectivity index (χ0n) is 9.21. The molecule has 2 aromatic rings. The number of nitrogens with one attached hydrogen (secondary N) is 1. The molecule has 0 fully saturated rings. The van der Waals surface area contributed by atoms with Crippen molar-refractivity contribution >= 4 is 11.0 Å². The molecule has 0 aliphatic heterocycles. The van der Waals surface area contributed by atoms with E-state index >= 15 is 0 Å². The second-order valence-electron chi connectivity index (χ2n) is 3.96. The normalized spacial score (nSPS) is 11.1. The lowest BCUT2D eigenvalue weighted by molar-refractivity contribution is 0.629. The molecule has 0 saturated carbocycles. The first kappa shape index (κ1) is 10.0. The summed E-state index contributed by atoms with van der Waals surface area (Å²) in [6.45, 7) is 4.96. The van der Waals surface area contributed by atoms with Crippen molar-refractivity contribution in [1.29, 1.82) is 0 Å². The van der Waals surface area contributed by atoms with Crippen molar-refractivity contribution in [2.45, 2.75) is 33.2 Å². The molecule has 15 heavy (non-hydrogen) atoms. The number of imidazole rings is 1. The molecule has 1 heterocycles. The Hall–Kier alpha value is -1.51. The standard InChI is InChI=1S/C12H16N2O/c1-3-4-7-14-11-6-5-9(2)8-10(11)13-12(14)15/h5-6,8H,3-4,7H2,1-2H3,(H,13,15). The third-order valence-corrected chi connectivity index (χ3v) is 2.66. The number of H-pyrrole nitrogens is 1. The SMILES string of the molecule is CCCCn1c(=O)[nH]c2cc(C)ccc21. The molecule has 1 aromatic carbocycles. The van der Waals surface area contributed by atoms with Crippen molar-refractivity contribution in [1.82, 2.24) is 9.55 Å². The molecule has 0 radical (unpaired) electrons. The first-order valence-corrected chi connectivity index (χ1v) is 5.41. The third-order valence-electron chi connectivity index (χ3n) is 2.66. The molecule has 0 bridgehead atoms. The third kappa shape index (κ3) is 1.82. The summed E-state index contributed by atoms with van der Waals surface area (Å²) in [5.74, 6) is 0. The number of unbranched alkanes of at least 4 members (excludes halogenated alkanes) is 1. The van der Waals surface area contributed by atoms with E-state index in [4.69, 9.17) is 0 Å². The van der Waals surface area contributed by atoms with E-state index in [2.05, 4.69) is 11.9 Å². The molecular weight excluding hydrogens is 188 g/mol. The molecule has 0 aliphatic rings. The maximum atomic E-state index is 11.7. The molecule has 0 atom stereocenters. The number of hydrogen-bond acceptors (Lipinski definition) is 1. The van der Waals surface area contributed by atoms with E-state index < -0.39 is 0 Å². The van der Waals surface area contributed by atoms with Crippen molar-refractivity contribution in [3.63, 3.8) is 0 Å². The number of benzene rings is 1. The van der Waals surface area contributed by atoms with Gasteiger partial charge >= 0.3 is 5.69 Å². The predicted molar refractivity (Wildman–Crippen MR) is 62.2 cm³/mol. The number of aromatic nitrogens is 2. The number of rotatable bonds is 3. The van der Waals surface area contributed by atoms with E-state index in [1.807, 2.05) is 29.7 Å². The Morgan fingerprint density at radius 3 is 2.93 bits per heavy atom. The predicted octanol–water partition coefficient (Wildman–Crippen LogP) is 2.44. The van der Waals surface area contributed by atoms with Crippen LogP contribution in [0.2, 0.25) is 0 Å². The average Bonchev–Trinajstić information content (AvgIpc) is 2.50. The maximum Gasteiger partial charge on any atom is 0.326 e. The summed E-state index contributed by atoms with van der Waals surface area (Å²) in [7, 11) is 0. The van der Waals surface area contributed by atoms with E-state index in [1.54, 1.807) is 0 Å². The topological polar surface area (TPSA) is 37.8 Å². The second-order valence-corrected chi connectivity index (χ2v) is 3.96. The minimum Gasteiger partial charge on any atom is -0.306 e. The number of hydrogen-bond donors (Lipinski definition) is 1. The molecule has 0 saturated heterocycles. The van der Waals surface area contributed by atoms with Crippen molar-refractivity contribution in [3.8, 4) is 0 Å². The molecule has 80 valence electrons. The van der Waals surface area contributed by atoms with Crippen LogP contribution in [0.15, 0.2) is 23.0 Å². The zero-order valence-corrected chi connectivity index (χ0v) is 9.21. The molecular formula is C12H16N2O. The monoisotopic (exact) mass is 204 g/mol. The van der Waals surface area contributed by atoms with Crippen LogP contribution in [0.1, 0.15) is 25.3 Å².